The third-order valence-electron chi connectivity index (χ3n) is 4.79. The molecule has 0 radical (unpaired) electrons. The van der Waals surface area contributed by atoms with E-state index in [1.165, 1.54) is 6.33 Å². The number of aromatic nitrogens is 3. The summed E-state index contributed by atoms with van der Waals surface area (Å²) in [7, 11) is 7.42. The summed E-state index contributed by atoms with van der Waals surface area (Å²) in [6, 6.07) is 5.53. The van der Waals surface area contributed by atoms with Gasteiger partial charge in [-0.15, -0.1) is 0 Å². The zero-order valence-electron chi connectivity index (χ0n) is 15.8. The van der Waals surface area contributed by atoms with E-state index < -0.39 is 5.60 Å². The van der Waals surface area contributed by atoms with Gasteiger partial charge in [0, 0.05) is 53.5 Å². The Morgan fingerprint density at radius 1 is 1.35 bits per heavy atom. The van der Waals surface area contributed by atoms with Crippen molar-refractivity contribution in [3.05, 3.63) is 36.4 Å². The van der Waals surface area contributed by atoms with Crippen molar-refractivity contribution < 1.29 is 9.90 Å². The number of rotatable bonds is 5. The van der Waals surface area contributed by atoms with Crippen LogP contribution in [0.5, 0.6) is 0 Å². The Kier molecular flexibility index (Phi) is 4.86. The molecule has 2 aromatic rings. The highest BCUT2D eigenvalue weighted by atomic mass is 16.3. The van der Waals surface area contributed by atoms with Crippen LogP contribution in [0.15, 0.2) is 30.7 Å². The first-order chi connectivity index (χ1) is 12.3. The third kappa shape index (κ3) is 3.65. The monoisotopic (exact) mass is 358 g/mol. The minimum Gasteiger partial charge on any atom is -0.386 e. The zero-order valence-corrected chi connectivity index (χ0v) is 15.8. The molecule has 1 fully saturated rings. The first kappa shape index (κ1) is 18.2. The largest absolute Gasteiger partial charge is 0.386 e. The maximum Gasteiger partial charge on any atom is 0.270 e. The predicted molar refractivity (Wildman–Crippen MR) is 101 cm³/mol. The molecule has 1 atom stereocenters. The summed E-state index contributed by atoms with van der Waals surface area (Å²) in [5.41, 5.74) is -0.351. The fourth-order valence-electron chi connectivity index (χ4n) is 3.33. The molecule has 0 unspecified atom stereocenters. The second-order valence-corrected chi connectivity index (χ2v) is 7.19. The maximum atomic E-state index is 12.6. The van der Waals surface area contributed by atoms with E-state index in [0.717, 1.165) is 11.6 Å². The summed E-state index contributed by atoms with van der Waals surface area (Å²) in [4.78, 5) is 26.7. The highest BCUT2D eigenvalue weighted by Gasteiger charge is 2.38. The normalized spacial score (nSPS) is 19.7. The van der Waals surface area contributed by atoms with Crippen molar-refractivity contribution >= 4 is 17.5 Å². The Morgan fingerprint density at radius 3 is 2.77 bits per heavy atom. The van der Waals surface area contributed by atoms with Crippen LogP contribution in [-0.4, -0.2) is 76.8 Å². The highest BCUT2D eigenvalue weighted by molar-refractivity contribution is 5.92. The average Bonchev–Trinajstić information content (AvgIpc) is 3.20. The second kappa shape index (κ2) is 6.95. The molecule has 0 aliphatic carbocycles. The standard InChI is InChI=1S/C18H26N6O2/c1-21(2)15-10-16(20-13-19-15)24-9-7-18(26,12-24)11-23(4)17(25)14-6-5-8-22(14)3/h5-6,8,10,13,26H,7,9,11-12H2,1-4H3/t18-/m0/s1. The fourth-order valence-corrected chi connectivity index (χ4v) is 3.33. The molecule has 2 aromatic heterocycles. The van der Waals surface area contributed by atoms with Gasteiger partial charge in [0.05, 0.1) is 6.54 Å². The molecule has 1 amide bonds. The van der Waals surface area contributed by atoms with Crippen LogP contribution in [0.4, 0.5) is 11.6 Å². The van der Waals surface area contributed by atoms with Gasteiger partial charge in [-0.2, -0.15) is 0 Å². The van der Waals surface area contributed by atoms with E-state index in [-0.39, 0.29) is 12.5 Å². The average molecular weight is 358 g/mol. The van der Waals surface area contributed by atoms with Crippen LogP contribution >= 0.6 is 0 Å². The van der Waals surface area contributed by atoms with Crippen molar-refractivity contribution in [3.8, 4) is 0 Å². The van der Waals surface area contributed by atoms with Gasteiger partial charge >= 0.3 is 0 Å². The lowest BCUT2D eigenvalue weighted by Gasteiger charge is -2.29. The number of hydrogen-bond donors (Lipinski definition) is 1. The molecule has 8 nitrogen and oxygen atoms in total. The van der Waals surface area contributed by atoms with Crippen molar-refractivity contribution in [2.75, 3.05) is 50.6 Å². The number of hydrogen-bond acceptors (Lipinski definition) is 6. The third-order valence-corrected chi connectivity index (χ3v) is 4.79. The Balaban J connectivity index is 1.68. The van der Waals surface area contributed by atoms with Gasteiger partial charge in [0.25, 0.3) is 5.91 Å². The number of nitrogens with zero attached hydrogens (tertiary/aromatic N) is 6. The molecule has 26 heavy (non-hydrogen) atoms. The molecule has 140 valence electrons. The lowest BCUT2D eigenvalue weighted by atomic mass is 10.0. The van der Waals surface area contributed by atoms with Gasteiger partial charge in [-0.1, -0.05) is 0 Å². The van der Waals surface area contributed by atoms with Crippen molar-refractivity contribution in [3.63, 3.8) is 0 Å². The molecule has 0 aromatic carbocycles. The Hall–Kier alpha value is -2.61. The maximum absolute atomic E-state index is 12.6. The number of carbonyl (C=O) groups excluding carboxylic acids is 1. The summed E-state index contributed by atoms with van der Waals surface area (Å²) >= 11 is 0. The molecule has 1 saturated heterocycles. The number of likely N-dealkylation sites (N-methyl/N-ethyl adjacent to an activating group) is 1. The smallest absolute Gasteiger partial charge is 0.270 e. The zero-order chi connectivity index (χ0) is 18.9. The molecule has 1 aliphatic heterocycles. The van der Waals surface area contributed by atoms with E-state index in [4.69, 9.17) is 0 Å². The lowest BCUT2D eigenvalue weighted by Crippen LogP contribution is -2.46. The van der Waals surface area contributed by atoms with Crippen LogP contribution in [0, 0.1) is 0 Å². The SMILES string of the molecule is CN(C[C@@]1(O)CCN(c2cc(N(C)C)ncn2)C1)C(=O)c1cccn1C. The minimum absolute atomic E-state index is 0.0960. The van der Waals surface area contributed by atoms with Gasteiger partial charge in [-0.3, -0.25) is 4.79 Å². The molecular weight excluding hydrogens is 332 g/mol. The number of carbonyl (C=O) groups is 1. The molecule has 8 heteroatoms. The Morgan fingerprint density at radius 2 is 2.12 bits per heavy atom. The van der Waals surface area contributed by atoms with Crippen LogP contribution in [0.1, 0.15) is 16.9 Å². The van der Waals surface area contributed by atoms with Crippen LogP contribution in [0.25, 0.3) is 0 Å². The molecule has 1 N–H and O–H groups in total. The predicted octanol–water partition coefficient (Wildman–Crippen LogP) is 0.594. The van der Waals surface area contributed by atoms with Crippen molar-refractivity contribution in [2.45, 2.75) is 12.0 Å². The van der Waals surface area contributed by atoms with Gasteiger partial charge in [0.15, 0.2) is 0 Å². The number of amides is 1. The lowest BCUT2D eigenvalue weighted by molar-refractivity contribution is 0.0260. The molecule has 0 bridgehead atoms. The van der Waals surface area contributed by atoms with Gasteiger partial charge < -0.3 is 24.4 Å². The van der Waals surface area contributed by atoms with E-state index in [0.29, 0.717) is 25.2 Å². The quantitative estimate of drug-likeness (QED) is 0.843. The first-order valence-corrected chi connectivity index (χ1v) is 8.62. The van der Waals surface area contributed by atoms with Gasteiger partial charge in [0.1, 0.15) is 29.3 Å². The van der Waals surface area contributed by atoms with E-state index in [1.54, 1.807) is 22.6 Å². The number of aliphatic hydroxyl groups is 1. The van der Waals surface area contributed by atoms with Crippen LogP contribution in [-0.2, 0) is 7.05 Å². The van der Waals surface area contributed by atoms with E-state index in [1.807, 2.05) is 49.3 Å². The molecule has 0 spiro atoms. The van der Waals surface area contributed by atoms with Gasteiger partial charge in [-0.05, 0) is 18.6 Å². The highest BCUT2D eigenvalue weighted by Crippen LogP contribution is 2.27. The summed E-state index contributed by atoms with van der Waals surface area (Å²) in [6.07, 6.45) is 3.96. The summed E-state index contributed by atoms with van der Waals surface area (Å²) in [5.74, 6) is 1.51. The number of aryl methyl sites for hydroxylation is 1. The van der Waals surface area contributed by atoms with E-state index in [2.05, 4.69) is 9.97 Å². The summed E-state index contributed by atoms with van der Waals surface area (Å²) in [6.45, 7) is 1.40. The molecular formula is C18H26N6O2. The summed E-state index contributed by atoms with van der Waals surface area (Å²) in [5, 5.41) is 11.0. The number of β-amino-alcohol motifs (C(OH)–C–C–N with tert-alkyl or cyclic N) is 1. The minimum atomic E-state index is -0.960. The molecule has 3 rings (SSSR count). The molecule has 1 aliphatic rings. The molecule has 3 heterocycles. The van der Waals surface area contributed by atoms with Crippen molar-refractivity contribution in [2.24, 2.45) is 7.05 Å². The van der Waals surface area contributed by atoms with Crippen LogP contribution < -0.4 is 9.80 Å². The van der Waals surface area contributed by atoms with E-state index in [9.17, 15) is 9.90 Å². The first-order valence-electron chi connectivity index (χ1n) is 8.62. The van der Waals surface area contributed by atoms with Gasteiger partial charge in [-0.25, -0.2) is 9.97 Å². The van der Waals surface area contributed by atoms with E-state index >= 15 is 0 Å². The fraction of sp³-hybridized carbons (Fsp3) is 0.500. The topological polar surface area (TPSA) is 77.7 Å². The van der Waals surface area contributed by atoms with Gasteiger partial charge in [0.2, 0.25) is 0 Å². The van der Waals surface area contributed by atoms with Crippen molar-refractivity contribution in [1.29, 1.82) is 0 Å². The summed E-state index contributed by atoms with van der Waals surface area (Å²) < 4.78 is 1.79. The van der Waals surface area contributed by atoms with Crippen LogP contribution in [0.3, 0.4) is 0 Å². The second-order valence-electron chi connectivity index (χ2n) is 7.19. The Labute approximate surface area is 153 Å². The number of anilines is 2. The molecule has 0 saturated carbocycles. The Bertz CT molecular complexity index is 789. The van der Waals surface area contributed by atoms with Crippen LogP contribution in [0.2, 0.25) is 0 Å². The van der Waals surface area contributed by atoms with Crippen molar-refractivity contribution in [1.82, 2.24) is 19.4 Å².